The van der Waals surface area contributed by atoms with Crippen molar-refractivity contribution < 1.29 is 9.53 Å². The molecule has 0 atom stereocenters. The van der Waals surface area contributed by atoms with Crippen LogP contribution in [0.25, 0.3) is 16.7 Å². The SMILES string of the molecule is COc1ccccc1-n1ccc(C)c(C(=O)NCCCc2nc3ccccc3[nH]2)c1=O. The number of carbonyl (C=O) groups is 1. The van der Waals surface area contributed by atoms with Crippen molar-refractivity contribution in [2.75, 3.05) is 13.7 Å². The van der Waals surface area contributed by atoms with Crippen LogP contribution in [0.1, 0.15) is 28.2 Å². The first kappa shape index (κ1) is 20.4. The number of pyridine rings is 1. The fraction of sp³-hybridized carbons (Fsp3) is 0.208. The van der Waals surface area contributed by atoms with Crippen LogP contribution in [0.4, 0.5) is 0 Å². The molecule has 0 fully saturated rings. The Morgan fingerprint density at radius 3 is 2.71 bits per heavy atom. The Hall–Kier alpha value is -3.87. The lowest BCUT2D eigenvalue weighted by Gasteiger charge is -2.13. The van der Waals surface area contributed by atoms with Crippen molar-refractivity contribution in [3.8, 4) is 11.4 Å². The maximum absolute atomic E-state index is 13.1. The first-order chi connectivity index (χ1) is 15.1. The van der Waals surface area contributed by atoms with E-state index in [1.807, 2.05) is 36.4 Å². The Labute approximate surface area is 179 Å². The standard InChI is InChI=1S/C24H24N4O3/c1-16-13-15-28(19-10-5-6-11-20(19)31-2)24(30)22(16)23(29)25-14-7-12-21-26-17-8-3-4-9-18(17)27-21/h3-6,8-11,13,15H,7,12,14H2,1-2H3,(H,25,29)(H,26,27). The fourth-order valence-corrected chi connectivity index (χ4v) is 3.59. The Morgan fingerprint density at radius 1 is 1.13 bits per heavy atom. The molecule has 158 valence electrons. The minimum atomic E-state index is -0.378. The van der Waals surface area contributed by atoms with Crippen LogP contribution in [-0.4, -0.2) is 34.1 Å². The van der Waals surface area contributed by atoms with Crippen molar-refractivity contribution in [2.45, 2.75) is 19.8 Å². The Bertz CT molecular complexity index is 1260. The molecule has 2 aromatic heterocycles. The van der Waals surface area contributed by atoms with Gasteiger partial charge in [-0.3, -0.25) is 14.2 Å². The minimum Gasteiger partial charge on any atom is -0.495 e. The van der Waals surface area contributed by atoms with Gasteiger partial charge in [0.15, 0.2) is 0 Å². The van der Waals surface area contributed by atoms with Crippen LogP contribution in [0, 0.1) is 6.92 Å². The number of fused-ring (bicyclic) bond motifs is 1. The van der Waals surface area contributed by atoms with Crippen LogP contribution in [0.5, 0.6) is 5.75 Å². The van der Waals surface area contributed by atoms with E-state index >= 15 is 0 Å². The van der Waals surface area contributed by atoms with Crippen LogP contribution in [0.3, 0.4) is 0 Å². The summed E-state index contributed by atoms with van der Waals surface area (Å²) < 4.78 is 6.80. The fourth-order valence-electron chi connectivity index (χ4n) is 3.59. The van der Waals surface area contributed by atoms with E-state index in [1.165, 1.54) is 4.57 Å². The second-order valence-electron chi connectivity index (χ2n) is 7.28. The molecule has 2 aromatic carbocycles. The molecular formula is C24H24N4O3. The number of H-pyrrole nitrogens is 1. The number of hydrogen-bond acceptors (Lipinski definition) is 4. The molecule has 4 rings (SSSR count). The highest BCUT2D eigenvalue weighted by molar-refractivity contribution is 5.95. The Kier molecular flexibility index (Phi) is 5.84. The van der Waals surface area contributed by atoms with Crippen LogP contribution >= 0.6 is 0 Å². The van der Waals surface area contributed by atoms with E-state index in [2.05, 4.69) is 15.3 Å². The molecule has 0 saturated carbocycles. The Balaban J connectivity index is 1.46. The zero-order valence-corrected chi connectivity index (χ0v) is 17.5. The second-order valence-corrected chi connectivity index (χ2v) is 7.28. The third kappa shape index (κ3) is 4.21. The molecule has 0 unspecified atom stereocenters. The smallest absolute Gasteiger partial charge is 0.268 e. The normalized spacial score (nSPS) is 10.9. The van der Waals surface area contributed by atoms with Crippen LogP contribution in [0.15, 0.2) is 65.6 Å². The van der Waals surface area contributed by atoms with Gasteiger partial charge in [0.2, 0.25) is 0 Å². The summed E-state index contributed by atoms with van der Waals surface area (Å²) in [7, 11) is 1.55. The molecule has 4 aromatic rings. The number of nitrogens with one attached hydrogen (secondary N) is 2. The number of hydrogen-bond donors (Lipinski definition) is 2. The molecule has 31 heavy (non-hydrogen) atoms. The van der Waals surface area contributed by atoms with E-state index in [1.54, 1.807) is 38.4 Å². The summed E-state index contributed by atoms with van der Waals surface area (Å²) in [5.41, 5.74) is 2.91. The lowest BCUT2D eigenvalue weighted by Crippen LogP contribution is -2.34. The molecule has 0 aliphatic heterocycles. The van der Waals surface area contributed by atoms with Gasteiger partial charge in [-0.15, -0.1) is 0 Å². The number of rotatable bonds is 7. The molecule has 0 spiro atoms. The highest BCUT2D eigenvalue weighted by atomic mass is 16.5. The quantitative estimate of drug-likeness (QED) is 0.452. The Morgan fingerprint density at radius 2 is 1.90 bits per heavy atom. The summed E-state index contributed by atoms with van der Waals surface area (Å²) in [6.45, 7) is 2.20. The summed E-state index contributed by atoms with van der Waals surface area (Å²) in [6.07, 6.45) is 3.07. The topological polar surface area (TPSA) is 89.0 Å². The van der Waals surface area contributed by atoms with Crippen LogP contribution in [-0.2, 0) is 6.42 Å². The molecule has 0 bridgehead atoms. The molecule has 7 nitrogen and oxygen atoms in total. The van der Waals surface area contributed by atoms with Gasteiger partial charge in [-0.25, -0.2) is 4.98 Å². The number of nitrogens with zero attached hydrogens (tertiary/aromatic N) is 2. The zero-order valence-electron chi connectivity index (χ0n) is 17.5. The van der Waals surface area contributed by atoms with E-state index in [-0.39, 0.29) is 17.0 Å². The van der Waals surface area contributed by atoms with Gasteiger partial charge < -0.3 is 15.0 Å². The molecule has 0 saturated heterocycles. The molecular weight excluding hydrogens is 392 g/mol. The van der Waals surface area contributed by atoms with Crippen molar-refractivity contribution in [2.24, 2.45) is 0 Å². The third-order valence-corrected chi connectivity index (χ3v) is 5.19. The van der Waals surface area contributed by atoms with E-state index in [9.17, 15) is 9.59 Å². The number of para-hydroxylation sites is 4. The number of imidazole rings is 1. The average Bonchev–Trinajstić information content (AvgIpc) is 3.20. The third-order valence-electron chi connectivity index (χ3n) is 5.19. The first-order valence-electron chi connectivity index (χ1n) is 10.2. The predicted molar refractivity (Wildman–Crippen MR) is 120 cm³/mol. The maximum atomic E-state index is 13.1. The number of aromatic amines is 1. The monoisotopic (exact) mass is 416 g/mol. The number of carbonyl (C=O) groups excluding carboxylic acids is 1. The van der Waals surface area contributed by atoms with Gasteiger partial charge in [0.1, 0.15) is 17.1 Å². The molecule has 2 heterocycles. The largest absolute Gasteiger partial charge is 0.495 e. The molecule has 0 aliphatic carbocycles. The molecule has 0 radical (unpaired) electrons. The second kappa shape index (κ2) is 8.87. The van der Waals surface area contributed by atoms with Gasteiger partial charge >= 0.3 is 0 Å². The number of aromatic nitrogens is 3. The van der Waals surface area contributed by atoms with Crippen molar-refractivity contribution in [3.63, 3.8) is 0 Å². The van der Waals surface area contributed by atoms with Gasteiger partial charge in [-0.05, 0) is 49.2 Å². The number of aryl methyl sites for hydroxylation is 2. The van der Waals surface area contributed by atoms with Crippen molar-refractivity contribution in [1.29, 1.82) is 0 Å². The van der Waals surface area contributed by atoms with Crippen LogP contribution in [0.2, 0.25) is 0 Å². The van der Waals surface area contributed by atoms with Crippen molar-refractivity contribution >= 4 is 16.9 Å². The van der Waals surface area contributed by atoms with E-state index in [0.717, 1.165) is 16.9 Å². The summed E-state index contributed by atoms with van der Waals surface area (Å²) in [6, 6.07) is 16.8. The van der Waals surface area contributed by atoms with Gasteiger partial charge in [0.25, 0.3) is 11.5 Å². The molecule has 7 heteroatoms. The summed E-state index contributed by atoms with van der Waals surface area (Å²) in [5, 5.41) is 2.87. The van der Waals surface area contributed by atoms with Crippen LogP contribution < -0.4 is 15.6 Å². The summed E-state index contributed by atoms with van der Waals surface area (Å²) in [5.74, 6) is 1.06. The first-order valence-corrected chi connectivity index (χ1v) is 10.2. The van der Waals surface area contributed by atoms with Gasteiger partial charge in [-0.2, -0.15) is 0 Å². The lowest BCUT2D eigenvalue weighted by molar-refractivity contribution is 0.0950. The molecule has 1 amide bonds. The number of amides is 1. The zero-order chi connectivity index (χ0) is 21.8. The van der Waals surface area contributed by atoms with Gasteiger partial charge in [0.05, 0.1) is 23.8 Å². The van der Waals surface area contributed by atoms with Gasteiger partial charge in [0, 0.05) is 19.2 Å². The van der Waals surface area contributed by atoms with Crippen molar-refractivity contribution in [1.82, 2.24) is 19.9 Å². The van der Waals surface area contributed by atoms with Crippen molar-refractivity contribution in [3.05, 3.63) is 88.1 Å². The predicted octanol–water partition coefficient (Wildman–Crippen LogP) is 3.39. The lowest BCUT2D eigenvalue weighted by atomic mass is 10.1. The summed E-state index contributed by atoms with van der Waals surface area (Å²) in [4.78, 5) is 33.7. The molecule has 0 aliphatic rings. The maximum Gasteiger partial charge on any atom is 0.268 e. The highest BCUT2D eigenvalue weighted by Crippen LogP contribution is 2.21. The molecule has 2 N–H and O–H groups in total. The number of ether oxygens (including phenoxy) is 1. The summed E-state index contributed by atoms with van der Waals surface area (Å²) >= 11 is 0. The highest BCUT2D eigenvalue weighted by Gasteiger charge is 2.17. The van der Waals surface area contributed by atoms with E-state index in [0.29, 0.717) is 36.4 Å². The van der Waals surface area contributed by atoms with Gasteiger partial charge in [-0.1, -0.05) is 24.3 Å². The minimum absolute atomic E-state index is 0.136. The van der Waals surface area contributed by atoms with E-state index in [4.69, 9.17) is 4.74 Å². The van der Waals surface area contributed by atoms with E-state index < -0.39 is 0 Å². The number of benzene rings is 2. The number of methoxy groups -OCH3 is 1. The average molecular weight is 416 g/mol.